The van der Waals surface area contributed by atoms with E-state index < -0.39 is 0 Å². The van der Waals surface area contributed by atoms with E-state index in [4.69, 9.17) is 11.6 Å². The molecule has 0 unspecified atom stereocenters. The third-order valence-corrected chi connectivity index (χ3v) is 3.77. The maximum absolute atomic E-state index is 11.9. The lowest BCUT2D eigenvalue weighted by Crippen LogP contribution is -2.24. The SMILES string of the molecule is Cc1ccccc1-c1nnn(CC(=O)N/N=C\c2ccccc2Cl)n1. The number of hydrogen-bond donors (Lipinski definition) is 1. The highest BCUT2D eigenvalue weighted by Crippen LogP contribution is 2.17. The first-order valence-electron chi connectivity index (χ1n) is 7.54. The number of halogens is 1. The molecule has 0 aliphatic rings. The van der Waals surface area contributed by atoms with Crippen molar-refractivity contribution >= 4 is 23.7 Å². The van der Waals surface area contributed by atoms with Crippen molar-refractivity contribution in [2.45, 2.75) is 13.5 Å². The molecule has 0 radical (unpaired) electrons. The molecule has 0 spiro atoms. The van der Waals surface area contributed by atoms with Crippen LogP contribution in [-0.4, -0.2) is 32.3 Å². The minimum Gasteiger partial charge on any atom is -0.271 e. The predicted octanol–water partition coefficient (Wildman–Crippen LogP) is 2.45. The molecule has 2 aromatic carbocycles. The standard InChI is InChI=1S/C17H15ClN6O/c1-12-6-2-4-8-14(12)17-21-23-24(22-17)11-16(25)20-19-10-13-7-3-5-9-15(13)18/h2-10H,11H2,1H3,(H,20,25)/b19-10-. The zero-order chi connectivity index (χ0) is 17.6. The molecule has 0 bridgehead atoms. The second kappa shape index (κ2) is 7.67. The lowest BCUT2D eigenvalue weighted by molar-refractivity contribution is -0.122. The van der Waals surface area contributed by atoms with E-state index in [0.29, 0.717) is 16.4 Å². The van der Waals surface area contributed by atoms with E-state index in [1.165, 1.54) is 11.0 Å². The summed E-state index contributed by atoms with van der Waals surface area (Å²) in [6, 6.07) is 14.9. The summed E-state index contributed by atoms with van der Waals surface area (Å²) in [6.45, 7) is 1.88. The molecule has 7 nitrogen and oxygen atoms in total. The van der Waals surface area contributed by atoms with E-state index in [-0.39, 0.29) is 12.5 Å². The molecular formula is C17H15ClN6O. The molecule has 0 fully saturated rings. The normalized spacial score (nSPS) is 11.0. The summed E-state index contributed by atoms with van der Waals surface area (Å²) in [5, 5.41) is 16.5. The lowest BCUT2D eigenvalue weighted by Gasteiger charge is -2.00. The maximum atomic E-state index is 11.9. The molecule has 0 aliphatic heterocycles. The van der Waals surface area contributed by atoms with Gasteiger partial charge in [0.2, 0.25) is 5.82 Å². The Morgan fingerprint density at radius 1 is 1.24 bits per heavy atom. The smallest absolute Gasteiger partial charge is 0.263 e. The van der Waals surface area contributed by atoms with Gasteiger partial charge in [-0.15, -0.1) is 10.2 Å². The third-order valence-electron chi connectivity index (χ3n) is 3.42. The van der Waals surface area contributed by atoms with Crippen molar-refractivity contribution in [2.24, 2.45) is 5.10 Å². The number of aromatic nitrogens is 4. The third kappa shape index (κ3) is 4.27. The average Bonchev–Trinajstić information content (AvgIpc) is 3.05. The summed E-state index contributed by atoms with van der Waals surface area (Å²) in [7, 11) is 0. The molecule has 0 saturated carbocycles. The van der Waals surface area contributed by atoms with Crippen molar-refractivity contribution in [3.8, 4) is 11.4 Å². The number of nitrogens with zero attached hydrogens (tertiary/aromatic N) is 5. The molecule has 3 aromatic rings. The number of carbonyl (C=O) groups is 1. The number of hydrazone groups is 1. The van der Waals surface area contributed by atoms with Crippen LogP contribution in [0.25, 0.3) is 11.4 Å². The highest BCUT2D eigenvalue weighted by molar-refractivity contribution is 6.33. The van der Waals surface area contributed by atoms with E-state index in [1.807, 2.05) is 43.3 Å². The minimum atomic E-state index is -0.364. The Morgan fingerprint density at radius 3 is 2.80 bits per heavy atom. The Balaban J connectivity index is 1.61. The van der Waals surface area contributed by atoms with Crippen LogP contribution >= 0.6 is 11.6 Å². The van der Waals surface area contributed by atoms with Crippen LogP contribution in [0.5, 0.6) is 0 Å². The van der Waals surface area contributed by atoms with Crippen LogP contribution in [0.1, 0.15) is 11.1 Å². The number of benzene rings is 2. The van der Waals surface area contributed by atoms with Gasteiger partial charge in [-0.25, -0.2) is 5.43 Å². The summed E-state index contributed by atoms with van der Waals surface area (Å²) in [6.07, 6.45) is 1.48. The second-order valence-corrected chi connectivity index (χ2v) is 5.68. The van der Waals surface area contributed by atoms with Gasteiger partial charge < -0.3 is 0 Å². The molecule has 126 valence electrons. The number of rotatable bonds is 5. The average molecular weight is 355 g/mol. The fourth-order valence-electron chi connectivity index (χ4n) is 2.16. The Morgan fingerprint density at radius 2 is 2.00 bits per heavy atom. The van der Waals surface area contributed by atoms with Gasteiger partial charge in [0.25, 0.3) is 5.91 Å². The van der Waals surface area contributed by atoms with Gasteiger partial charge in [0.05, 0.1) is 6.21 Å². The van der Waals surface area contributed by atoms with Crippen molar-refractivity contribution in [1.82, 2.24) is 25.6 Å². The molecule has 0 saturated heterocycles. The Hall–Kier alpha value is -3.06. The van der Waals surface area contributed by atoms with Gasteiger partial charge in [0.1, 0.15) is 6.54 Å². The fraction of sp³-hybridized carbons (Fsp3) is 0.118. The van der Waals surface area contributed by atoms with Gasteiger partial charge in [-0.2, -0.15) is 9.90 Å². The highest BCUT2D eigenvalue weighted by atomic mass is 35.5. The van der Waals surface area contributed by atoms with E-state index in [2.05, 4.69) is 25.9 Å². The Bertz CT molecular complexity index is 921. The predicted molar refractivity (Wildman–Crippen MR) is 95.2 cm³/mol. The molecule has 0 aliphatic carbocycles. The van der Waals surface area contributed by atoms with Crippen molar-refractivity contribution in [3.05, 3.63) is 64.7 Å². The molecular weight excluding hydrogens is 340 g/mol. The van der Waals surface area contributed by atoms with Crippen LogP contribution < -0.4 is 5.43 Å². The van der Waals surface area contributed by atoms with Crippen LogP contribution in [0.15, 0.2) is 53.6 Å². The van der Waals surface area contributed by atoms with Gasteiger partial charge in [0, 0.05) is 16.1 Å². The number of aryl methyl sites for hydroxylation is 1. The van der Waals surface area contributed by atoms with E-state index >= 15 is 0 Å². The van der Waals surface area contributed by atoms with E-state index in [9.17, 15) is 4.79 Å². The van der Waals surface area contributed by atoms with Gasteiger partial charge >= 0.3 is 0 Å². The first kappa shape index (κ1) is 16.8. The van der Waals surface area contributed by atoms with Crippen molar-refractivity contribution in [2.75, 3.05) is 0 Å². The summed E-state index contributed by atoms with van der Waals surface area (Å²) in [5.41, 5.74) is 5.04. The quantitative estimate of drug-likeness (QED) is 0.563. The number of carbonyl (C=O) groups excluding carboxylic acids is 1. The van der Waals surface area contributed by atoms with E-state index in [0.717, 1.165) is 11.1 Å². The first-order valence-corrected chi connectivity index (χ1v) is 7.91. The van der Waals surface area contributed by atoms with Crippen molar-refractivity contribution in [1.29, 1.82) is 0 Å². The van der Waals surface area contributed by atoms with Gasteiger partial charge in [-0.05, 0) is 23.8 Å². The molecule has 1 amide bonds. The zero-order valence-electron chi connectivity index (χ0n) is 13.4. The largest absolute Gasteiger partial charge is 0.271 e. The molecule has 3 rings (SSSR count). The second-order valence-electron chi connectivity index (χ2n) is 5.27. The van der Waals surface area contributed by atoms with Gasteiger partial charge in [-0.1, -0.05) is 54.1 Å². The maximum Gasteiger partial charge on any atom is 0.263 e. The Labute approximate surface area is 149 Å². The molecule has 1 N–H and O–H groups in total. The number of hydrogen-bond acceptors (Lipinski definition) is 5. The van der Waals surface area contributed by atoms with Crippen LogP contribution in [0.4, 0.5) is 0 Å². The van der Waals surface area contributed by atoms with Crippen molar-refractivity contribution in [3.63, 3.8) is 0 Å². The van der Waals surface area contributed by atoms with Crippen LogP contribution in [0, 0.1) is 6.92 Å². The first-order chi connectivity index (χ1) is 12.1. The molecule has 0 atom stereocenters. The number of amides is 1. The topological polar surface area (TPSA) is 85.1 Å². The summed E-state index contributed by atoms with van der Waals surface area (Å²) in [4.78, 5) is 13.1. The fourth-order valence-corrected chi connectivity index (χ4v) is 2.34. The van der Waals surface area contributed by atoms with Crippen molar-refractivity contribution < 1.29 is 4.79 Å². The van der Waals surface area contributed by atoms with Gasteiger partial charge in [-0.3, -0.25) is 4.79 Å². The van der Waals surface area contributed by atoms with Crippen LogP contribution in [0.2, 0.25) is 5.02 Å². The van der Waals surface area contributed by atoms with Gasteiger partial charge in [0.15, 0.2) is 0 Å². The number of nitrogens with one attached hydrogen (secondary N) is 1. The van der Waals surface area contributed by atoms with Crippen LogP contribution in [0.3, 0.4) is 0 Å². The number of tetrazole rings is 1. The van der Waals surface area contributed by atoms with Crippen LogP contribution in [-0.2, 0) is 11.3 Å². The van der Waals surface area contributed by atoms with E-state index in [1.54, 1.807) is 12.1 Å². The minimum absolute atomic E-state index is 0.0846. The lowest BCUT2D eigenvalue weighted by atomic mass is 10.1. The molecule has 25 heavy (non-hydrogen) atoms. The Kier molecular flexibility index (Phi) is 5.15. The molecule has 1 heterocycles. The summed E-state index contributed by atoms with van der Waals surface area (Å²) >= 11 is 6.01. The monoisotopic (exact) mass is 354 g/mol. The summed E-state index contributed by atoms with van der Waals surface area (Å²) < 4.78 is 0. The summed E-state index contributed by atoms with van der Waals surface area (Å²) in [5.74, 6) is 0.113. The molecule has 8 heteroatoms. The highest BCUT2D eigenvalue weighted by Gasteiger charge is 2.10. The zero-order valence-corrected chi connectivity index (χ0v) is 14.2. The molecule has 1 aromatic heterocycles.